The van der Waals surface area contributed by atoms with Crippen molar-refractivity contribution in [1.29, 1.82) is 0 Å². The summed E-state index contributed by atoms with van der Waals surface area (Å²) in [5, 5.41) is 10.6. The fourth-order valence-corrected chi connectivity index (χ4v) is 2.29. The average Bonchev–Trinajstić information content (AvgIpc) is 2.35. The zero-order valence-corrected chi connectivity index (χ0v) is 11.5. The molecule has 0 aliphatic heterocycles. The smallest absolute Gasteiger partial charge is 0.105 e. The summed E-state index contributed by atoms with van der Waals surface area (Å²) in [6.07, 6.45) is -0.537. The van der Waals surface area contributed by atoms with Crippen molar-refractivity contribution in [2.45, 2.75) is 33.8 Å². The first-order valence-electron chi connectivity index (χ1n) is 6.32. The Kier molecular flexibility index (Phi) is 3.53. The lowest BCUT2D eigenvalue weighted by molar-refractivity contribution is 0.218. The summed E-state index contributed by atoms with van der Waals surface area (Å²) in [6.45, 7) is 8.25. The second kappa shape index (κ2) is 4.95. The van der Waals surface area contributed by atoms with E-state index in [0.29, 0.717) is 0 Å². The van der Waals surface area contributed by atoms with Gasteiger partial charge in [-0.1, -0.05) is 42.0 Å². The van der Waals surface area contributed by atoms with Crippen LogP contribution in [0.3, 0.4) is 0 Å². The van der Waals surface area contributed by atoms with Gasteiger partial charge in [0.25, 0.3) is 0 Å². The Morgan fingerprint density at radius 1 is 0.833 bits per heavy atom. The Labute approximate surface area is 109 Å². The molecule has 0 aromatic heterocycles. The minimum absolute atomic E-state index is 0.537. The molecule has 94 valence electrons. The van der Waals surface area contributed by atoms with Crippen LogP contribution < -0.4 is 0 Å². The van der Waals surface area contributed by atoms with Crippen LogP contribution in [0.2, 0.25) is 0 Å². The molecule has 0 saturated heterocycles. The standard InChI is InChI=1S/C17H20O/c1-11-8-9-13(3)16(10-11)17(18)15-7-5-6-12(2)14(15)4/h5-10,17-18H,1-4H3. The number of aliphatic hydroxyl groups excluding tert-OH is 1. The molecular weight excluding hydrogens is 220 g/mol. The molecule has 2 rings (SSSR count). The van der Waals surface area contributed by atoms with Gasteiger partial charge in [-0.2, -0.15) is 0 Å². The first-order chi connectivity index (χ1) is 8.50. The highest BCUT2D eigenvalue weighted by Crippen LogP contribution is 2.28. The Hall–Kier alpha value is -1.60. The molecule has 1 atom stereocenters. The van der Waals surface area contributed by atoms with Crippen LogP contribution in [-0.4, -0.2) is 5.11 Å². The summed E-state index contributed by atoms with van der Waals surface area (Å²) in [5.41, 5.74) is 6.71. The van der Waals surface area contributed by atoms with E-state index in [9.17, 15) is 5.11 Å². The predicted molar refractivity (Wildman–Crippen MR) is 75.9 cm³/mol. The number of hydrogen-bond donors (Lipinski definition) is 1. The summed E-state index contributed by atoms with van der Waals surface area (Å²) in [6, 6.07) is 12.3. The van der Waals surface area contributed by atoms with Crippen molar-refractivity contribution in [2.75, 3.05) is 0 Å². The largest absolute Gasteiger partial charge is 0.384 e. The summed E-state index contributed by atoms with van der Waals surface area (Å²) in [4.78, 5) is 0. The molecule has 2 aromatic carbocycles. The van der Waals surface area contributed by atoms with E-state index < -0.39 is 6.10 Å². The maximum absolute atomic E-state index is 10.6. The molecule has 0 radical (unpaired) electrons. The monoisotopic (exact) mass is 240 g/mol. The van der Waals surface area contributed by atoms with Gasteiger partial charge in [0.15, 0.2) is 0 Å². The second-order valence-electron chi connectivity index (χ2n) is 5.05. The fourth-order valence-electron chi connectivity index (χ4n) is 2.29. The van der Waals surface area contributed by atoms with Crippen molar-refractivity contribution in [1.82, 2.24) is 0 Å². The Balaban J connectivity index is 2.51. The van der Waals surface area contributed by atoms with Crippen LogP contribution in [-0.2, 0) is 0 Å². The molecular formula is C17H20O. The second-order valence-corrected chi connectivity index (χ2v) is 5.05. The lowest BCUT2D eigenvalue weighted by Crippen LogP contribution is -2.05. The van der Waals surface area contributed by atoms with E-state index in [1.165, 1.54) is 16.7 Å². The Morgan fingerprint density at radius 2 is 1.56 bits per heavy atom. The van der Waals surface area contributed by atoms with Crippen LogP contribution in [0, 0.1) is 27.7 Å². The summed E-state index contributed by atoms with van der Waals surface area (Å²) < 4.78 is 0. The van der Waals surface area contributed by atoms with Crippen molar-refractivity contribution in [3.05, 3.63) is 69.8 Å². The van der Waals surface area contributed by atoms with Crippen molar-refractivity contribution < 1.29 is 5.11 Å². The van der Waals surface area contributed by atoms with E-state index in [2.05, 4.69) is 45.0 Å². The van der Waals surface area contributed by atoms with E-state index in [1.807, 2.05) is 19.1 Å². The predicted octanol–water partition coefficient (Wildman–Crippen LogP) is 4.00. The van der Waals surface area contributed by atoms with Crippen LogP contribution in [0.25, 0.3) is 0 Å². The quantitative estimate of drug-likeness (QED) is 0.841. The van der Waals surface area contributed by atoms with Crippen molar-refractivity contribution in [2.24, 2.45) is 0 Å². The fraction of sp³-hybridized carbons (Fsp3) is 0.294. The average molecular weight is 240 g/mol. The van der Waals surface area contributed by atoms with Gasteiger partial charge in [0, 0.05) is 0 Å². The third-order valence-electron chi connectivity index (χ3n) is 3.67. The molecule has 0 aliphatic carbocycles. The topological polar surface area (TPSA) is 20.2 Å². The normalized spacial score (nSPS) is 12.5. The van der Waals surface area contributed by atoms with Crippen LogP contribution in [0.1, 0.15) is 39.5 Å². The zero-order chi connectivity index (χ0) is 13.3. The van der Waals surface area contributed by atoms with Crippen LogP contribution >= 0.6 is 0 Å². The molecule has 0 aliphatic rings. The lowest BCUT2D eigenvalue weighted by atomic mass is 9.92. The van der Waals surface area contributed by atoms with Crippen molar-refractivity contribution in [3.8, 4) is 0 Å². The van der Waals surface area contributed by atoms with Gasteiger partial charge < -0.3 is 5.11 Å². The SMILES string of the molecule is Cc1ccc(C)c(C(O)c2cccc(C)c2C)c1. The molecule has 2 aromatic rings. The van der Waals surface area contributed by atoms with Crippen LogP contribution in [0.4, 0.5) is 0 Å². The maximum Gasteiger partial charge on any atom is 0.105 e. The number of aliphatic hydroxyl groups is 1. The third-order valence-corrected chi connectivity index (χ3v) is 3.67. The van der Waals surface area contributed by atoms with Gasteiger partial charge >= 0.3 is 0 Å². The molecule has 1 N–H and O–H groups in total. The molecule has 1 heteroatoms. The maximum atomic E-state index is 10.6. The van der Waals surface area contributed by atoms with Gasteiger partial charge in [0.05, 0.1) is 0 Å². The van der Waals surface area contributed by atoms with E-state index >= 15 is 0 Å². The molecule has 0 saturated carbocycles. The van der Waals surface area contributed by atoms with Gasteiger partial charge in [0.1, 0.15) is 6.10 Å². The van der Waals surface area contributed by atoms with Gasteiger partial charge in [-0.25, -0.2) is 0 Å². The molecule has 1 unspecified atom stereocenters. The Morgan fingerprint density at radius 3 is 2.28 bits per heavy atom. The van der Waals surface area contributed by atoms with E-state index in [0.717, 1.165) is 16.7 Å². The summed E-state index contributed by atoms with van der Waals surface area (Å²) >= 11 is 0. The van der Waals surface area contributed by atoms with Gasteiger partial charge in [-0.05, 0) is 55.5 Å². The lowest BCUT2D eigenvalue weighted by Gasteiger charge is -2.18. The highest BCUT2D eigenvalue weighted by molar-refractivity contribution is 5.42. The summed E-state index contributed by atoms with van der Waals surface area (Å²) in [7, 11) is 0. The van der Waals surface area contributed by atoms with E-state index in [-0.39, 0.29) is 0 Å². The van der Waals surface area contributed by atoms with Crippen LogP contribution in [0.15, 0.2) is 36.4 Å². The molecule has 0 spiro atoms. The minimum atomic E-state index is -0.537. The van der Waals surface area contributed by atoms with Crippen molar-refractivity contribution in [3.63, 3.8) is 0 Å². The number of benzene rings is 2. The van der Waals surface area contributed by atoms with Crippen LogP contribution in [0.5, 0.6) is 0 Å². The van der Waals surface area contributed by atoms with E-state index in [1.54, 1.807) is 0 Å². The molecule has 18 heavy (non-hydrogen) atoms. The zero-order valence-electron chi connectivity index (χ0n) is 11.5. The first kappa shape index (κ1) is 12.8. The first-order valence-corrected chi connectivity index (χ1v) is 6.32. The number of hydrogen-bond acceptors (Lipinski definition) is 1. The molecule has 0 heterocycles. The Bertz CT molecular complexity index is 568. The van der Waals surface area contributed by atoms with Gasteiger partial charge in [-0.3, -0.25) is 0 Å². The third kappa shape index (κ3) is 2.32. The number of aryl methyl sites for hydroxylation is 3. The molecule has 0 bridgehead atoms. The highest BCUT2D eigenvalue weighted by Gasteiger charge is 2.15. The van der Waals surface area contributed by atoms with Gasteiger partial charge in [-0.15, -0.1) is 0 Å². The minimum Gasteiger partial charge on any atom is -0.384 e. The molecule has 1 nitrogen and oxygen atoms in total. The molecule has 0 fully saturated rings. The highest BCUT2D eigenvalue weighted by atomic mass is 16.3. The van der Waals surface area contributed by atoms with E-state index in [4.69, 9.17) is 0 Å². The number of rotatable bonds is 2. The summed E-state index contributed by atoms with van der Waals surface area (Å²) in [5.74, 6) is 0. The molecule has 0 amide bonds. The van der Waals surface area contributed by atoms with Gasteiger partial charge in [0.2, 0.25) is 0 Å². The van der Waals surface area contributed by atoms with Crippen molar-refractivity contribution >= 4 is 0 Å².